The molecule has 1 amide bonds. The van der Waals surface area contributed by atoms with Crippen molar-refractivity contribution in [1.29, 1.82) is 0 Å². The number of carbonyl (C=O) groups is 1. The maximum atomic E-state index is 12.9. The van der Waals surface area contributed by atoms with Gasteiger partial charge in [-0.3, -0.25) is 14.7 Å². The monoisotopic (exact) mass is 397 g/mol. The third kappa shape index (κ3) is 5.70. The van der Waals surface area contributed by atoms with Crippen molar-refractivity contribution in [2.24, 2.45) is 5.92 Å². The lowest BCUT2D eigenvalue weighted by Crippen LogP contribution is -2.41. The van der Waals surface area contributed by atoms with E-state index in [-0.39, 0.29) is 11.8 Å². The predicted molar refractivity (Wildman–Crippen MR) is 113 cm³/mol. The van der Waals surface area contributed by atoms with Crippen LogP contribution in [0.5, 0.6) is 11.5 Å². The second kappa shape index (κ2) is 10.3. The van der Waals surface area contributed by atoms with Gasteiger partial charge in [-0.1, -0.05) is 12.1 Å². The quantitative estimate of drug-likeness (QED) is 0.685. The van der Waals surface area contributed by atoms with Gasteiger partial charge in [-0.15, -0.1) is 0 Å². The fraction of sp³-hybridized carbons (Fsp3) is 0.478. The Morgan fingerprint density at radius 3 is 2.55 bits per heavy atom. The van der Waals surface area contributed by atoms with Crippen LogP contribution in [0.3, 0.4) is 0 Å². The molecule has 2 heterocycles. The topological polar surface area (TPSA) is 54.9 Å². The molecule has 0 radical (unpaired) electrons. The Morgan fingerprint density at radius 2 is 1.90 bits per heavy atom. The molecule has 29 heavy (non-hydrogen) atoms. The number of piperidine rings is 1. The molecule has 1 aliphatic heterocycles. The Bertz CT molecular complexity index is 789. The second-order valence-corrected chi connectivity index (χ2v) is 7.61. The Labute approximate surface area is 173 Å². The average Bonchev–Trinajstić information content (AvgIpc) is 2.78. The molecule has 0 unspecified atom stereocenters. The van der Waals surface area contributed by atoms with Crippen LogP contribution in [-0.4, -0.2) is 61.6 Å². The first-order valence-corrected chi connectivity index (χ1v) is 10.2. The Hall–Kier alpha value is -2.60. The van der Waals surface area contributed by atoms with Crippen molar-refractivity contribution in [1.82, 2.24) is 14.8 Å². The molecule has 0 bridgehead atoms. The van der Waals surface area contributed by atoms with E-state index in [4.69, 9.17) is 9.47 Å². The highest BCUT2D eigenvalue weighted by Gasteiger charge is 2.27. The number of amides is 1. The molecule has 1 fully saturated rings. The minimum absolute atomic E-state index is 0.121. The summed E-state index contributed by atoms with van der Waals surface area (Å²) in [6, 6.07) is 9.99. The van der Waals surface area contributed by atoms with Crippen LogP contribution in [0.15, 0.2) is 42.7 Å². The summed E-state index contributed by atoms with van der Waals surface area (Å²) in [6.07, 6.45) is 6.34. The zero-order valence-corrected chi connectivity index (χ0v) is 17.6. The largest absolute Gasteiger partial charge is 0.493 e. The number of benzene rings is 1. The summed E-state index contributed by atoms with van der Waals surface area (Å²) in [4.78, 5) is 21.3. The second-order valence-electron chi connectivity index (χ2n) is 7.61. The van der Waals surface area contributed by atoms with Gasteiger partial charge >= 0.3 is 0 Å². The number of methoxy groups -OCH3 is 2. The SMILES string of the molecule is COc1ccc(CCN(C)C(=O)C2CCN(Cc3cccnc3)CC2)cc1OC. The molecule has 0 saturated carbocycles. The van der Waals surface area contributed by atoms with Gasteiger partial charge < -0.3 is 14.4 Å². The van der Waals surface area contributed by atoms with E-state index in [9.17, 15) is 4.79 Å². The van der Waals surface area contributed by atoms with Crippen molar-refractivity contribution in [2.75, 3.05) is 40.9 Å². The van der Waals surface area contributed by atoms with Gasteiger partial charge in [-0.05, 0) is 61.7 Å². The summed E-state index contributed by atoms with van der Waals surface area (Å²) in [7, 11) is 5.18. The standard InChI is InChI=1S/C23H31N3O3/c1-25(12-8-18-6-7-21(28-2)22(15-18)29-3)23(27)20-9-13-26(14-10-20)17-19-5-4-11-24-16-19/h4-7,11,15-16,20H,8-10,12-14,17H2,1-3H3. The van der Waals surface area contributed by atoms with Gasteiger partial charge in [-0.2, -0.15) is 0 Å². The predicted octanol–water partition coefficient (Wildman–Crippen LogP) is 3.01. The molecular formula is C23H31N3O3. The van der Waals surface area contributed by atoms with Crippen molar-refractivity contribution < 1.29 is 14.3 Å². The molecule has 1 aliphatic rings. The van der Waals surface area contributed by atoms with E-state index < -0.39 is 0 Å². The molecule has 1 saturated heterocycles. The average molecular weight is 398 g/mol. The number of rotatable bonds is 8. The summed E-state index contributed by atoms with van der Waals surface area (Å²) < 4.78 is 10.6. The minimum Gasteiger partial charge on any atom is -0.493 e. The highest BCUT2D eigenvalue weighted by molar-refractivity contribution is 5.78. The van der Waals surface area contributed by atoms with E-state index in [1.807, 2.05) is 42.4 Å². The van der Waals surface area contributed by atoms with Crippen molar-refractivity contribution in [2.45, 2.75) is 25.8 Å². The van der Waals surface area contributed by atoms with Gasteiger partial charge in [0.15, 0.2) is 11.5 Å². The lowest BCUT2D eigenvalue weighted by Gasteiger charge is -2.33. The van der Waals surface area contributed by atoms with Gasteiger partial charge in [0.05, 0.1) is 14.2 Å². The van der Waals surface area contributed by atoms with Crippen molar-refractivity contribution in [3.05, 3.63) is 53.9 Å². The van der Waals surface area contributed by atoms with Crippen LogP contribution in [0.2, 0.25) is 0 Å². The fourth-order valence-corrected chi connectivity index (χ4v) is 3.84. The van der Waals surface area contributed by atoms with Crippen LogP contribution in [0.4, 0.5) is 0 Å². The molecule has 156 valence electrons. The molecule has 0 spiro atoms. The van der Waals surface area contributed by atoms with E-state index in [0.717, 1.165) is 56.0 Å². The van der Waals surface area contributed by atoms with Crippen molar-refractivity contribution in [3.8, 4) is 11.5 Å². The maximum Gasteiger partial charge on any atom is 0.225 e. The number of pyridine rings is 1. The van der Waals surface area contributed by atoms with Crippen LogP contribution in [0, 0.1) is 5.92 Å². The number of aromatic nitrogens is 1. The molecule has 2 aromatic rings. The molecule has 0 aliphatic carbocycles. The minimum atomic E-state index is 0.121. The molecule has 0 atom stereocenters. The summed E-state index contributed by atoms with van der Waals surface area (Å²) >= 11 is 0. The van der Waals surface area contributed by atoms with Crippen molar-refractivity contribution in [3.63, 3.8) is 0 Å². The lowest BCUT2D eigenvalue weighted by molar-refractivity contribution is -0.135. The third-order valence-electron chi connectivity index (χ3n) is 5.63. The highest BCUT2D eigenvalue weighted by atomic mass is 16.5. The van der Waals surface area contributed by atoms with E-state index in [1.165, 1.54) is 5.56 Å². The molecule has 6 nitrogen and oxygen atoms in total. The summed E-state index contributed by atoms with van der Waals surface area (Å²) in [5.41, 5.74) is 2.36. The van der Waals surface area contributed by atoms with Crippen LogP contribution in [-0.2, 0) is 17.8 Å². The summed E-state index contributed by atoms with van der Waals surface area (Å²) in [5, 5.41) is 0. The van der Waals surface area contributed by atoms with Crippen LogP contribution < -0.4 is 9.47 Å². The molecule has 3 rings (SSSR count). The molecule has 1 aromatic carbocycles. The third-order valence-corrected chi connectivity index (χ3v) is 5.63. The first-order chi connectivity index (χ1) is 14.1. The first kappa shape index (κ1) is 21.1. The van der Waals surface area contributed by atoms with E-state index >= 15 is 0 Å². The first-order valence-electron chi connectivity index (χ1n) is 10.2. The number of hydrogen-bond donors (Lipinski definition) is 0. The van der Waals surface area contributed by atoms with Crippen LogP contribution >= 0.6 is 0 Å². The maximum absolute atomic E-state index is 12.9. The van der Waals surface area contributed by atoms with E-state index in [0.29, 0.717) is 6.54 Å². The Balaban J connectivity index is 1.46. The molecule has 1 aromatic heterocycles. The number of hydrogen-bond acceptors (Lipinski definition) is 5. The number of nitrogens with zero attached hydrogens (tertiary/aromatic N) is 3. The van der Waals surface area contributed by atoms with Crippen molar-refractivity contribution >= 4 is 5.91 Å². The van der Waals surface area contributed by atoms with Gasteiger partial charge in [0.2, 0.25) is 5.91 Å². The Kier molecular flexibility index (Phi) is 7.47. The number of ether oxygens (including phenoxy) is 2. The van der Waals surface area contributed by atoms with E-state index in [1.54, 1.807) is 20.4 Å². The normalized spacial score (nSPS) is 15.1. The Morgan fingerprint density at radius 1 is 1.14 bits per heavy atom. The molecular weight excluding hydrogens is 366 g/mol. The molecule has 0 N–H and O–H groups in total. The lowest BCUT2D eigenvalue weighted by atomic mass is 9.95. The summed E-state index contributed by atoms with van der Waals surface area (Å²) in [6.45, 7) is 3.51. The zero-order chi connectivity index (χ0) is 20.6. The zero-order valence-electron chi connectivity index (χ0n) is 17.6. The van der Waals surface area contributed by atoms with Crippen LogP contribution in [0.25, 0.3) is 0 Å². The van der Waals surface area contributed by atoms with Gasteiger partial charge in [-0.25, -0.2) is 0 Å². The van der Waals surface area contributed by atoms with Gasteiger partial charge in [0.25, 0.3) is 0 Å². The van der Waals surface area contributed by atoms with Gasteiger partial charge in [0, 0.05) is 38.4 Å². The number of carbonyl (C=O) groups excluding carboxylic acids is 1. The van der Waals surface area contributed by atoms with Gasteiger partial charge in [0.1, 0.15) is 0 Å². The number of likely N-dealkylation sites (N-methyl/N-ethyl adjacent to an activating group) is 1. The summed E-state index contributed by atoms with van der Waals surface area (Å²) in [5.74, 6) is 1.82. The number of likely N-dealkylation sites (tertiary alicyclic amines) is 1. The molecule has 6 heteroatoms. The van der Waals surface area contributed by atoms with Crippen LogP contribution in [0.1, 0.15) is 24.0 Å². The highest BCUT2D eigenvalue weighted by Crippen LogP contribution is 2.28. The fourth-order valence-electron chi connectivity index (χ4n) is 3.84. The smallest absolute Gasteiger partial charge is 0.225 e. The van der Waals surface area contributed by atoms with E-state index in [2.05, 4.69) is 16.0 Å².